The van der Waals surface area contributed by atoms with Crippen molar-refractivity contribution in [1.29, 1.82) is 5.26 Å². The minimum absolute atomic E-state index is 0.245. The molecule has 0 amide bonds. The Morgan fingerprint density at radius 2 is 1.68 bits per heavy atom. The summed E-state index contributed by atoms with van der Waals surface area (Å²) in [6.07, 6.45) is 3.83. The Kier molecular flexibility index (Phi) is 8.74. The molecule has 1 aliphatic carbocycles. The molecule has 1 saturated heterocycles. The van der Waals surface area contributed by atoms with Gasteiger partial charge in [-0.25, -0.2) is 4.79 Å². The van der Waals surface area contributed by atoms with Crippen LogP contribution in [0.2, 0.25) is 0 Å². The molecule has 0 bridgehead atoms. The Balaban J connectivity index is 1.33. The number of piperidine rings is 1. The molecule has 2 aromatic carbocycles. The fraction of sp³-hybridized carbons (Fsp3) is 0.525. The number of pyridine rings is 1. The van der Waals surface area contributed by atoms with Crippen molar-refractivity contribution >= 4 is 11.7 Å². The van der Waals surface area contributed by atoms with Gasteiger partial charge >= 0.3 is 5.97 Å². The summed E-state index contributed by atoms with van der Waals surface area (Å²) in [4.78, 5) is 22.7. The van der Waals surface area contributed by atoms with Gasteiger partial charge in [-0.2, -0.15) is 5.26 Å². The Morgan fingerprint density at radius 1 is 1.00 bits per heavy atom. The third kappa shape index (κ3) is 6.96. The summed E-state index contributed by atoms with van der Waals surface area (Å²) >= 11 is 0. The first-order valence-corrected chi connectivity index (χ1v) is 17.2. The molecule has 0 unspecified atom stereocenters. The molecule has 7 nitrogen and oxygen atoms in total. The second-order valence-corrected chi connectivity index (χ2v) is 15.9. The summed E-state index contributed by atoms with van der Waals surface area (Å²) in [7, 11) is 0. The average molecular weight is 635 g/mol. The highest BCUT2D eigenvalue weighted by molar-refractivity contribution is 5.88. The summed E-state index contributed by atoms with van der Waals surface area (Å²) < 4.78 is 6.27. The van der Waals surface area contributed by atoms with Crippen LogP contribution >= 0.6 is 0 Å². The monoisotopic (exact) mass is 634 g/mol. The number of ether oxygens (including phenoxy) is 1. The normalized spacial score (nSPS) is 19.5. The number of fused-ring (bicyclic) bond motifs is 1. The van der Waals surface area contributed by atoms with Crippen LogP contribution in [0.5, 0.6) is 0 Å². The molecule has 1 atom stereocenters. The van der Waals surface area contributed by atoms with Gasteiger partial charge in [0.1, 0.15) is 0 Å². The number of benzene rings is 2. The minimum atomic E-state index is -1.12. The molecule has 6 rings (SSSR count). The zero-order valence-corrected chi connectivity index (χ0v) is 29.2. The molecule has 2 fully saturated rings. The van der Waals surface area contributed by atoms with Gasteiger partial charge < -0.3 is 14.7 Å². The number of rotatable bonds is 8. The highest BCUT2D eigenvalue weighted by Gasteiger charge is 2.44. The number of carboxylic acids is 1. The van der Waals surface area contributed by atoms with E-state index in [9.17, 15) is 15.2 Å². The zero-order valence-electron chi connectivity index (χ0n) is 29.2. The van der Waals surface area contributed by atoms with Crippen molar-refractivity contribution in [3.63, 3.8) is 0 Å². The van der Waals surface area contributed by atoms with E-state index in [0.29, 0.717) is 11.3 Å². The lowest BCUT2D eigenvalue weighted by molar-refractivity contribution is -0.160. The number of carbonyl (C=O) groups is 1. The van der Waals surface area contributed by atoms with Gasteiger partial charge in [0.05, 0.1) is 22.8 Å². The van der Waals surface area contributed by atoms with Crippen LogP contribution in [0.1, 0.15) is 106 Å². The molecule has 1 N–H and O–H groups in total. The number of hydrogen-bond acceptors (Lipinski definition) is 6. The van der Waals surface area contributed by atoms with E-state index in [1.165, 1.54) is 16.7 Å². The molecule has 47 heavy (non-hydrogen) atoms. The standard InChI is InChI=1S/C40H50N4O3/c1-26-33(35(44-20-17-39(6,7)18-21-44)34(27(2)42-26)36(37(45)46)47-38(3,4)5)30-10-11-31-24-43(19-14-29(31)22-30)23-28-8-12-32(13-9-28)40(25-41)15-16-40/h8-13,22,36H,14-21,23-24H2,1-7H3,(H,45,46)/t36-/m0/s1. The van der Waals surface area contributed by atoms with Gasteiger partial charge in [-0.05, 0) is 100.0 Å². The van der Waals surface area contributed by atoms with Gasteiger partial charge in [0.25, 0.3) is 0 Å². The second kappa shape index (κ2) is 12.4. The number of hydrogen-bond donors (Lipinski definition) is 1. The van der Waals surface area contributed by atoms with Crippen LogP contribution in [0.25, 0.3) is 11.1 Å². The van der Waals surface area contributed by atoms with Gasteiger partial charge in [0.15, 0.2) is 6.10 Å². The number of nitriles is 1. The molecule has 3 aliphatic rings. The summed E-state index contributed by atoms with van der Waals surface area (Å²) in [5.74, 6) is -0.990. The maximum atomic E-state index is 12.8. The van der Waals surface area contributed by atoms with Crippen molar-refractivity contribution in [2.45, 2.75) is 111 Å². The molecular weight excluding hydrogens is 584 g/mol. The molecule has 3 aromatic rings. The average Bonchev–Trinajstić information content (AvgIpc) is 3.81. The minimum Gasteiger partial charge on any atom is -0.479 e. The van der Waals surface area contributed by atoms with Crippen molar-refractivity contribution in [3.05, 3.63) is 81.7 Å². The van der Waals surface area contributed by atoms with Crippen molar-refractivity contribution < 1.29 is 14.6 Å². The Hall–Kier alpha value is -3.73. The first-order chi connectivity index (χ1) is 22.2. The smallest absolute Gasteiger partial charge is 0.337 e. The van der Waals surface area contributed by atoms with Crippen LogP contribution in [0.4, 0.5) is 5.69 Å². The third-order valence-corrected chi connectivity index (χ3v) is 10.4. The lowest BCUT2D eigenvalue weighted by Gasteiger charge is -2.41. The highest BCUT2D eigenvalue weighted by atomic mass is 16.5. The van der Waals surface area contributed by atoms with E-state index in [2.05, 4.69) is 79.1 Å². The quantitative estimate of drug-likeness (QED) is 0.268. The van der Waals surface area contributed by atoms with Crippen LogP contribution in [-0.2, 0) is 34.5 Å². The van der Waals surface area contributed by atoms with Crippen molar-refractivity contribution in [1.82, 2.24) is 9.88 Å². The largest absolute Gasteiger partial charge is 0.479 e. The maximum Gasteiger partial charge on any atom is 0.337 e. The van der Waals surface area contributed by atoms with Crippen molar-refractivity contribution in [3.8, 4) is 17.2 Å². The summed E-state index contributed by atoms with van der Waals surface area (Å²) in [6, 6.07) is 17.9. The van der Waals surface area contributed by atoms with Crippen LogP contribution in [-0.4, -0.2) is 46.2 Å². The number of aliphatic carboxylic acids is 1. The fourth-order valence-corrected chi connectivity index (χ4v) is 7.43. The Labute approximate surface area is 280 Å². The molecule has 2 aliphatic heterocycles. The summed E-state index contributed by atoms with van der Waals surface area (Å²) in [6.45, 7) is 18.8. The molecule has 0 radical (unpaired) electrons. The number of carboxylic acid groups (broad SMARTS) is 1. The maximum absolute atomic E-state index is 12.8. The third-order valence-electron chi connectivity index (χ3n) is 10.4. The van der Waals surface area contributed by atoms with Gasteiger partial charge in [-0.1, -0.05) is 56.3 Å². The van der Waals surface area contributed by atoms with Crippen molar-refractivity contribution in [2.75, 3.05) is 24.5 Å². The summed E-state index contributed by atoms with van der Waals surface area (Å²) in [5.41, 5.74) is 9.82. The highest BCUT2D eigenvalue weighted by Crippen LogP contribution is 2.48. The molecule has 0 spiro atoms. The van der Waals surface area contributed by atoms with Gasteiger partial charge in [-0.3, -0.25) is 9.88 Å². The first-order valence-electron chi connectivity index (χ1n) is 17.2. The van der Waals surface area contributed by atoms with Crippen LogP contribution in [0.15, 0.2) is 42.5 Å². The van der Waals surface area contributed by atoms with E-state index >= 15 is 0 Å². The predicted octanol–water partition coefficient (Wildman–Crippen LogP) is 8.05. The van der Waals surface area contributed by atoms with Crippen LogP contribution in [0, 0.1) is 30.6 Å². The van der Waals surface area contributed by atoms with E-state index in [1.807, 2.05) is 27.7 Å². The van der Waals surface area contributed by atoms with E-state index in [4.69, 9.17) is 9.72 Å². The Morgan fingerprint density at radius 3 is 2.28 bits per heavy atom. The molecule has 7 heteroatoms. The van der Waals surface area contributed by atoms with Crippen LogP contribution in [0.3, 0.4) is 0 Å². The Bertz CT molecular complexity index is 1700. The van der Waals surface area contributed by atoms with Crippen LogP contribution < -0.4 is 4.90 Å². The lowest BCUT2D eigenvalue weighted by atomic mass is 9.81. The summed E-state index contributed by atoms with van der Waals surface area (Å²) in [5, 5.41) is 20.1. The van der Waals surface area contributed by atoms with Gasteiger partial charge in [0, 0.05) is 55.2 Å². The van der Waals surface area contributed by atoms with E-state index in [0.717, 1.165) is 92.9 Å². The van der Waals surface area contributed by atoms with E-state index in [1.54, 1.807) is 0 Å². The first kappa shape index (κ1) is 33.2. The van der Waals surface area contributed by atoms with Gasteiger partial charge in [-0.15, -0.1) is 0 Å². The zero-order chi connectivity index (χ0) is 33.7. The SMILES string of the molecule is Cc1nc(C)c([C@H](OC(C)(C)C)C(=O)O)c(N2CCC(C)(C)CC2)c1-c1ccc2c(c1)CCN(Cc1ccc(C3(C#N)CC3)cc1)C2. The number of nitrogens with zero attached hydrogens (tertiary/aromatic N) is 4. The topological polar surface area (TPSA) is 89.7 Å². The van der Waals surface area contributed by atoms with E-state index < -0.39 is 17.7 Å². The molecule has 3 heterocycles. The van der Waals surface area contributed by atoms with E-state index in [-0.39, 0.29) is 10.8 Å². The second-order valence-electron chi connectivity index (χ2n) is 15.9. The molecule has 1 aromatic heterocycles. The van der Waals surface area contributed by atoms with Crippen molar-refractivity contribution in [2.24, 2.45) is 5.41 Å². The molecular formula is C40H50N4O3. The molecule has 248 valence electrons. The number of aromatic nitrogens is 1. The number of aryl methyl sites for hydroxylation is 2. The number of anilines is 1. The lowest BCUT2D eigenvalue weighted by Crippen LogP contribution is -2.39. The van der Waals surface area contributed by atoms with Gasteiger partial charge in [0.2, 0.25) is 0 Å². The molecule has 1 saturated carbocycles. The predicted molar refractivity (Wildman–Crippen MR) is 186 cm³/mol. The fourth-order valence-electron chi connectivity index (χ4n) is 7.43.